The van der Waals surface area contributed by atoms with Crippen LogP contribution in [0.25, 0.3) is 0 Å². The minimum absolute atomic E-state index is 0.164. The number of Topliss-reactive ketones (excluding diaryl/α,β-unsaturated/α-hetero) is 1. The van der Waals surface area contributed by atoms with Crippen LogP contribution in [0.3, 0.4) is 0 Å². The van der Waals surface area contributed by atoms with Gasteiger partial charge in [-0.2, -0.15) is 0 Å². The van der Waals surface area contributed by atoms with Crippen LogP contribution >= 0.6 is 15.9 Å². The molecule has 0 spiro atoms. The molecule has 0 aliphatic heterocycles. The Morgan fingerprint density at radius 2 is 2.33 bits per heavy atom. The summed E-state index contributed by atoms with van der Waals surface area (Å²) < 4.78 is 0.760. The number of halogens is 1. The Labute approximate surface area is 80.1 Å². The van der Waals surface area contributed by atoms with Crippen molar-refractivity contribution in [1.29, 1.82) is 0 Å². The lowest BCUT2D eigenvalue weighted by atomic mass is 10.1. The molecule has 0 aliphatic carbocycles. The van der Waals surface area contributed by atoms with E-state index in [1.807, 2.05) is 6.92 Å². The second-order valence-corrected chi connectivity index (χ2v) is 3.36. The molecule has 0 bridgehead atoms. The van der Waals surface area contributed by atoms with Gasteiger partial charge in [0.1, 0.15) is 4.60 Å². The van der Waals surface area contributed by atoms with Gasteiger partial charge in [-0.1, -0.05) is 6.92 Å². The maximum absolute atomic E-state index is 11.3. The van der Waals surface area contributed by atoms with Crippen molar-refractivity contribution in [3.05, 3.63) is 28.5 Å². The first kappa shape index (κ1) is 9.39. The Balaban J connectivity index is 2.75. The quantitative estimate of drug-likeness (QED) is 0.588. The molecule has 0 atom stereocenters. The van der Waals surface area contributed by atoms with Crippen LogP contribution in [0.4, 0.5) is 0 Å². The SMILES string of the molecule is CCCC(=O)c1ccc(Br)nc1. The number of ketones is 1. The molecular weight excluding hydrogens is 218 g/mol. The van der Waals surface area contributed by atoms with Crippen molar-refractivity contribution < 1.29 is 4.79 Å². The topological polar surface area (TPSA) is 30.0 Å². The zero-order chi connectivity index (χ0) is 8.97. The van der Waals surface area contributed by atoms with Gasteiger partial charge < -0.3 is 0 Å². The Morgan fingerprint density at radius 1 is 1.58 bits per heavy atom. The Morgan fingerprint density at radius 3 is 2.83 bits per heavy atom. The molecule has 1 aromatic heterocycles. The molecule has 64 valence electrons. The van der Waals surface area contributed by atoms with E-state index in [1.165, 1.54) is 0 Å². The smallest absolute Gasteiger partial charge is 0.164 e. The van der Waals surface area contributed by atoms with Crippen LogP contribution in [-0.2, 0) is 0 Å². The fourth-order valence-electron chi connectivity index (χ4n) is 0.912. The van der Waals surface area contributed by atoms with Crippen LogP contribution in [-0.4, -0.2) is 10.8 Å². The molecule has 12 heavy (non-hydrogen) atoms. The van der Waals surface area contributed by atoms with Gasteiger partial charge >= 0.3 is 0 Å². The molecule has 2 nitrogen and oxygen atoms in total. The fraction of sp³-hybridized carbons (Fsp3) is 0.333. The third-order valence-corrected chi connectivity index (χ3v) is 2.00. The number of aromatic nitrogens is 1. The van der Waals surface area contributed by atoms with E-state index in [9.17, 15) is 4.79 Å². The predicted octanol–water partition coefficient (Wildman–Crippen LogP) is 2.83. The number of rotatable bonds is 3. The average Bonchev–Trinajstić information content (AvgIpc) is 2.06. The maximum Gasteiger partial charge on any atom is 0.164 e. The van der Waals surface area contributed by atoms with Gasteiger partial charge in [0.15, 0.2) is 5.78 Å². The van der Waals surface area contributed by atoms with E-state index in [0.29, 0.717) is 12.0 Å². The summed E-state index contributed by atoms with van der Waals surface area (Å²) in [5.41, 5.74) is 0.694. The van der Waals surface area contributed by atoms with Gasteiger partial charge in [-0.25, -0.2) is 4.98 Å². The monoisotopic (exact) mass is 227 g/mol. The average molecular weight is 228 g/mol. The van der Waals surface area contributed by atoms with Crippen LogP contribution in [0.5, 0.6) is 0 Å². The molecule has 0 saturated carbocycles. The summed E-state index contributed by atoms with van der Waals surface area (Å²) in [6, 6.07) is 3.57. The van der Waals surface area contributed by atoms with Gasteiger partial charge in [0.25, 0.3) is 0 Å². The summed E-state index contributed by atoms with van der Waals surface area (Å²) in [6.07, 6.45) is 3.08. The van der Waals surface area contributed by atoms with Crippen LogP contribution in [0.2, 0.25) is 0 Å². The normalized spacial score (nSPS) is 9.83. The third-order valence-electron chi connectivity index (χ3n) is 1.53. The second-order valence-electron chi connectivity index (χ2n) is 2.54. The molecule has 0 saturated heterocycles. The number of carbonyl (C=O) groups excluding carboxylic acids is 1. The Bertz CT molecular complexity index is 268. The van der Waals surface area contributed by atoms with Gasteiger partial charge in [0, 0.05) is 18.2 Å². The van der Waals surface area contributed by atoms with E-state index in [1.54, 1.807) is 18.3 Å². The highest BCUT2D eigenvalue weighted by Crippen LogP contribution is 2.08. The summed E-state index contributed by atoms with van der Waals surface area (Å²) in [7, 11) is 0. The van der Waals surface area contributed by atoms with Crippen molar-refractivity contribution in [3.63, 3.8) is 0 Å². The molecule has 0 amide bonds. The van der Waals surface area contributed by atoms with E-state index in [4.69, 9.17) is 0 Å². The van der Waals surface area contributed by atoms with Gasteiger partial charge in [0.2, 0.25) is 0 Å². The highest BCUT2D eigenvalue weighted by molar-refractivity contribution is 9.10. The molecule has 0 fully saturated rings. The van der Waals surface area contributed by atoms with Crippen molar-refractivity contribution in [2.75, 3.05) is 0 Å². The zero-order valence-electron chi connectivity index (χ0n) is 6.88. The lowest BCUT2D eigenvalue weighted by Crippen LogP contribution is -1.98. The van der Waals surface area contributed by atoms with Crippen LogP contribution in [0.1, 0.15) is 30.1 Å². The van der Waals surface area contributed by atoms with Crippen molar-refractivity contribution in [1.82, 2.24) is 4.98 Å². The maximum atomic E-state index is 11.3. The van der Waals surface area contributed by atoms with E-state index in [2.05, 4.69) is 20.9 Å². The fourth-order valence-corrected chi connectivity index (χ4v) is 1.15. The first-order chi connectivity index (χ1) is 5.74. The highest BCUT2D eigenvalue weighted by atomic mass is 79.9. The number of hydrogen-bond acceptors (Lipinski definition) is 2. The lowest BCUT2D eigenvalue weighted by molar-refractivity contribution is 0.0981. The largest absolute Gasteiger partial charge is 0.294 e. The van der Waals surface area contributed by atoms with Crippen molar-refractivity contribution in [2.45, 2.75) is 19.8 Å². The highest BCUT2D eigenvalue weighted by Gasteiger charge is 2.03. The molecule has 0 N–H and O–H groups in total. The van der Waals surface area contributed by atoms with Gasteiger partial charge in [-0.05, 0) is 34.5 Å². The first-order valence-electron chi connectivity index (χ1n) is 3.88. The van der Waals surface area contributed by atoms with Crippen molar-refractivity contribution >= 4 is 21.7 Å². The Kier molecular flexibility index (Phi) is 3.41. The van der Waals surface area contributed by atoms with Gasteiger partial charge in [0.05, 0.1) is 0 Å². The van der Waals surface area contributed by atoms with Crippen LogP contribution in [0.15, 0.2) is 22.9 Å². The molecule has 1 heterocycles. The number of pyridine rings is 1. The van der Waals surface area contributed by atoms with Gasteiger partial charge in [-0.3, -0.25) is 4.79 Å². The third kappa shape index (κ3) is 2.41. The summed E-state index contributed by atoms with van der Waals surface area (Å²) in [4.78, 5) is 15.3. The number of carbonyl (C=O) groups is 1. The summed E-state index contributed by atoms with van der Waals surface area (Å²) in [6.45, 7) is 1.99. The molecule has 0 aromatic carbocycles. The molecule has 1 aromatic rings. The molecular formula is C9H10BrNO. The number of hydrogen-bond donors (Lipinski definition) is 0. The van der Waals surface area contributed by atoms with Crippen molar-refractivity contribution in [2.24, 2.45) is 0 Å². The molecule has 0 unspecified atom stereocenters. The van der Waals surface area contributed by atoms with Crippen LogP contribution < -0.4 is 0 Å². The lowest BCUT2D eigenvalue weighted by Gasteiger charge is -1.97. The first-order valence-corrected chi connectivity index (χ1v) is 4.68. The summed E-state index contributed by atoms with van der Waals surface area (Å²) >= 11 is 3.21. The summed E-state index contributed by atoms with van der Waals surface area (Å²) in [5, 5.41) is 0. The number of nitrogens with zero attached hydrogens (tertiary/aromatic N) is 1. The molecule has 0 aliphatic rings. The zero-order valence-corrected chi connectivity index (χ0v) is 8.47. The Hall–Kier alpha value is -0.700. The van der Waals surface area contributed by atoms with E-state index in [-0.39, 0.29) is 5.78 Å². The molecule has 1 rings (SSSR count). The predicted molar refractivity (Wildman–Crippen MR) is 51.2 cm³/mol. The summed E-state index contributed by atoms with van der Waals surface area (Å²) in [5.74, 6) is 0.164. The molecule has 0 radical (unpaired) electrons. The standard InChI is InChI=1S/C9H10BrNO/c1-2-3-8(12)7-4-5-9(10)11-6-7/h4-6H,2-3H2,1H3. The minimum atomic E-state index is 0.164. The van der Waals surface area contributed by atoms with Crippen molar-refractivity contribution in [3.8, 4) is 0 Å². The van der Waals surface area contributed by atoms with Crippen LogP contribution in [0, 0.1) is 0 Å². The minimum Gasteiger partial charge on any atom is -0.294 e. The van der Waals surface area contributed by atoms with E-state index >= 15 is 0 Å². The second kappa shape index (κ2) is 4.36. The van der Waals surface area contributed by atoms with E-state index < -0.39 is 0 Å². The van der Waals surface area contributed by atoms with E-state index in [0.717, 1.165) is 11.0 Å². The molecule has 3 heteroatoms. The van der Waals surface area contributed by atoms with Gasteiger partial charge in [-0.15, -0.1) is 0 Å².